The zero-order valence-corrected chi connectivity index (χ0v) is 18.3. The van der Waals surface area contributed by atoms with Gasteiger partial charge in [0, 0.05) is 42.7 Å². The van der Waals surface area contributed by atoms with Gasteiger partial charge in [-0.2, -0.15) is 5.10 Å². The van der Waals surface area contributed by atoms with E-state index in [1.807, 2.05) is 6.07 Å². The van der Waals surface area contributed by atoms with Crippen molar-refractivity contribution in [1.82, 2.24) is 24.7 Å². The van der Waals surface area contributed by atoms with Crippen molar-refractivity contribution in [3.05, 3.63) is 59.6 Å². The number of pyridine rings is 1. The van der Waals surface area contributed by atoms with Gasteiger partial charge in [0.1, 0.15) is 12.1 Å². The molecule has 1 amide bonds. The van der Waals surface area contributed by atoms with Crippen LogP contribution in [0.3, 0.4) is 0 Å². The molecular weight excluding hydrogens is 394 g/mol. The van der Waals surface area contributed by atoms with Crippen molar-refractivity contribution in [2.45, 2.75) is 33.1 Å². The predicted molar refractivity (Wildman–Crippen MR) is 119 cm³/mol. The quantitative estimate of drug-likeness (QED) is 0.315. The number of carbonyl (C=O) groups excluding carboxylic acids is 1. The Kier molecular flexibility index (Phi) is 6.11. The normalized spacial score (nSPS) is 11.3. The summed E-state index contributed by atoms with van der Waals surface area (Å²) >= 11 is 0. The Hall–Kier alpha value is -3.66. The molecule has 4 N–H and O–H groups in total. The number of carbonyl (C=O) groups is 1. The lowest BCUT2D eigenvalue weighted by molar-refractivity contribution is 0.102. The summed E-state index contributed by atoms with van der Waals surface area (Å²) in [5, 5.41) is 17.0. The molecule has 0 fully saturated rings. The van der Waals surface area contributed by atoms with Crippen LogP contribution in [0.15, 0.2) is 37.1 Å². The number of anilines is 2. The lowest BCUT2D eigenvalue weighted by Crippen LogP contribution is -2.37. The van der Waals surface area contributed by atoms with E-state index in [-0.39, 0.29) is 23.6 Å². The number of hydrogen-bond donors (Lipinski definition) is 3. The van der Waals surface area contributed by atoms with E-state index >= 15 is 0 Å². The highest BCUT2D eigenvalue weighted by molar-refractivity contribution is 6.04. The monoisotopic (exact) mass is 421 g/mol. The van der Waals surface area contributed by atoms with E-state index in [0.29, 0.717) is 28.3 Å². The molecule has 0 atom stereocenters. The molecular formula is C21H27N9O. The Morgan fingerprint density at radius 2 is 1.87 bits per heavy atom. The largest absolute Gasteiger partial charge is 0.307 e. The van der Waals surface area contributed by atoms with Crippen LogP contribution in [0, 0.1) is 12.3 Å². The van der Waals surface area contributed by atoms with E-state index in [4.69, 9.17) is 11.3 Å². The molecule has 0 radical (unpaired) electrons. The molecule has 0 unspecified atom stereocenters. The molecule has 3 heterocycles. The number of amides is 1. The zero-order chi connectivity index (χ0) is 22.8. The summed E-state index contributed by atoms with van der Waals surface area (Å²) in [6, 6.07) is 3.52. The maximum Gasteiger partial charge on any atom is 0.258 e. The van der Waals surface area contributed by atoms with Gasteiger partial charge in [-0.3, -0.25) is 14.5 Å². The van der Waals surface area contributed by atoms with Crippen molar-refractivity contribution >= 4 is 23.1 Å². The SMILES string of the molecule is Cc1ncc(C(=O)Nc2cc(C(C)(C)C)nn2C)cc1N(N)CC(=N)c1cncnc1. The molecule has 0 saturated carbocycles. The average Bonchev–Trinajstić information content (AvgIpc) is 3.09. The third kappa shape index (κ3) is 5.10. The van der Waals surface area contributed by atoms with Gasteiger partial charge in [-0.25, -0.2) is 15.8 Å². The maximum absolute atomic E-state index is 12.8. The first-order valence-corrected chi connectivity index (χ1v) is 9.74. The number of aromatic nitrogens is 5. The third-order valence-electron chi connectivity index (χ3n) is 4.76. The lowest BCUT2D eigenvalue weighted by Gasteiger charge is -2.21. The second-order valence-electron chi connectivity index (χ2n) is 8.30. The summed E-state index contributed by atoms with van der Waals surface area (Å²) in [6.07, 6.45) is 6.01. The maximum atomic E-state index is 12.8. The van der Waals surface area contributed by atoms with E-state index in [1.165, 1.54) is 17.5 Å². The van der Waals surface area contributed by atoms with E-state index < -0.39 is 0 Å². The molecule has 31 heavy (non-hydrogen) atoms. The number of aryl methyl sites for hydroxylation is 2. The average molecular weight is 422 g/mol. The Balaban J connectivity index is 1.78. The van der Waals surface area contributed by atoms with Gasteiger partial charge >= 0.3 is 0 Å². The molecule has 3 aromatic heterocycles. The Bertz CT molecular complexity index is 1100. The summed E-state index contributed by atoms with van der Waals surface area (Å²) < 4.78 is 1.64. The molecule has 3 aromatic rings. The minimum Gasteiger partial charge on any atom is -0.307 e. The van der Waals surface area contributed by atoms with Crippen LogP contribution in [0.1, 0.15) is 48.1 Å². The van der Waals surface area contributed by atoms with Gasteiger partial charge in [0.05, 0.1) is 34.9 Å². The first-order valence-electron chi connectivity index (χ1n) is 9.74. The van der Waals surface area contributed by atoms with Gasteiger partial charge in [0.15, 0.2) is 0 Å². The molecule has 0 bridgehead atoms. The first kappa shape index (κ1) is 22.0. The van der Waals surface area contributed by atoms with Gasteiger partial charge in [-0.1, -0.05) is 20.8 Å². The summed E-state index contributed by atoms with van der Waals surface area (Å²) in [6.45, 7) is 8.09. The molecule has 0 aliphatic heterocycles. The summed E-state index contributed by atoms with van der Waals surface area (Å²) in [4.78, 5) is 25.0. The van der Waals surface area contributed by atoms with Crippen molar-refractivity contribution in [3.63, 3.8) is 0 Å². The van der Waals surface area contributed by atoms with Crippen LogP contribution < -0.4 is 16.2 Å². The number of rotatable bonds is 6. The standard InChI is InChI=1S/C21H27N9O/c1-13-17(30(23)11-16(22)15-8-24-12-25-9-15)6-14(10-26-13)20(31)27-19-7-18(21(2,3)4)28-29(19)5/h6-10,12,22H,11,23H2,1-5H3,(H,27,31). The van der Waals surface area contributed by atoms with Crippen LogP contribution in [0.25, 0.3) is 0 Å². The van der Waals surface area contributed by atoms with Crippen LogP contribution in [0.5, 0.6) is 0 Å². The number of nitrogens with one attached hydrogen (secondary N) is 2. The molecule has 0 spiro atoms. The Morgan fingerprint density at radius 3 is 2.48 bits per heavy atom. The predicted octanol–water partition coefficient (Wildman–Crippen LogP) is 2.21. The highest BCUT2D eigenvalue weighted by Crippen LogP contribution is 2.24. The minimum atomic E-state index is -0.322. The van der Waals surface area contributed by atoms with Crippen molar-refractivity contribution in [1.29, 1.82) is 5.41 Å². The lowest BCUT2D eigenvalue weighted by atomic mass is 9.92. The number of nitrogens with two attached hydrogens (primary N) is 1. The summed E-state index contributed by atoms with van der Waals surface area (Å²) in [7, 11) is 1.78. The van der Waals surface area contributed by atoms with Crippen LogP contribution in [-0.4, -0.2) is 42.9 Å². The Morgan fingerprint density at radius 1 is 1.19 bits per heavy atom. The second-order valence-corrected chi connectivity index (χ2v) is 8.30. The van der Waals surface area contributed by atoms with Gasteiger partial charge in [0.25, 0.3) is 5.91 Å². The van der Waals surface area contributed by atoms with Crippen molar-refractivity contribution < 1.29 is 4.79 Å². The van der Waals surface area contributed by atoms with Crippen LogP contribution in [-0.2, 0) is 12.5 Å². The van der Waals surface area contributed by atoms with Gasteiger partial charge in [0.2, 0.25) is 0 Å². The number of nitrogens with zero attached hydrogens (tertiary/aromatic N) is 6. The van der Waals surface area contributed by atoms with Crippen LogP contribution in [0.2, 0.25) is 0 Å². The highest BCUT2D eigenvalue weighted by Gasteiger charge is 2.21. The molecule has 3 rings (SSSR count). The fourth-order valence-corrected chi connectivity index (χ4v) is 2.88. The van der Waals surface area contributed by atoms with Gasteiger partial charge in [-0.15, -0.1) is 0 Å². The summed E-state index contributed by atoms with van der Waals surface area (Å²) in [5.74, 6) is 6.47. The van der Waals surface area contributed by atoms with Crippen molar-refractivity contribution in [3.8, 4) is 0 Å². The van der Waals surface area contributed by atoms with Crippen molar-refractivity contribution in [2.75, 3.05) is 16.9 Å². The van der Waals surface area contributed by atoms with E-state index in [2.05, 4.69) is 46.1 Å². The fourth-order valence-electron chi connectivity index (χ4n) is 2.88. The molecule has 0 aliphatic rings. The van der Waals surface area contributed by atoms with E-state index in [1.54, 1.807) is 37.1 Å². The molecule has 10 nitrogen and oxygen atoms in total. The van der Waals surface area contributed by atoms with Crippen LogP contribution in [0.4, 0.5) is 11.5 Å². The smallest absolute Gasteiger partial charge is 0.258 e. The molecule has 162 valence electrons. The van der Waals surface area contributed by atoms with Crippen molar-refractivity contribution in [2.24, 2.45) is 12.9 Å². The van der Waals surface area contributed by atoms with Crippen LogP contribution >= 0.6 is 0 Å². The minimum absolute atomic E-state index is 0.109. The van der Waals surface area contributed by atoms with E-state index in [9.17, 15) is 4.79 Å². The first-order chi connectivity index (χ1) is 14.6. The number of hydrazine groups is 1. The zero-order valence-electron chi connectivity index (χ0n) is 18.3. The molecule has 0 aliphatic carbocycles. The third-order valence-corrected chi connectivity index (χ3v) is 4.76. The second kappa shape index (κ2) is 8.60. The topological polar surface area (TPSA) is 139 Å². The van der Waals surface area contributed by atoms with E-state index in [0.717, 1.165) is 5.69 Å². The Labute approximate surface area is 181 Å². The molecule has 0 saturated heterocycles. The van der Waals surface area contributed by atoms with Gasteiger partial charge in [-0.05, 0) is 13.0 Å². The molecule has 10 heteroatoms. The number of hydrogen-bond acceptors (Lipinski definition) is 8. The fraction of sp³-hybridized carbons (Fsp3) is 0.333. The highest BCUT2D eigenvalue weighted by atomic mass is 16.1. The van der Waals surface area contributed by atoms with Gasteiger partial charge < -0.3 is 15.7 Å². The summed E-state index contributed by atoms with van der Waals surface area (Å²) in [5.41, 5.74) is 3.12. The molecule has 0 aromatic carbocycles.